The summed E-state index contributed by atoms with van der Waals surface area (Å²) >= 11 is 0. The van der Waals surface area contributed by atoms with E-state index in [9.17, 15) is 9.59 Å². The Bertz CT molecular complexity index is 984. The van der Waals surface area contributed by atoms with Gasteiger partial charge in [-0.05, 0) is 42.8 Å². The lowest BCUT2D eigenvalue weighted by molar-refractivity contribution is -0.114. The van der Waals surface area contributed by atoms with Crippen LogP contribution in [0.25, 0.3) is 5.69 Å². The maximum absolute atomic E-state index is 12.6. The number of para-hydroxylation sites is 1. The highest BCUT2D eigenvalue weighted by atomic mass is 16.5. The molecule has 0 fully saturated rings. The Hall–Kier alpha value is -3.68. The molecular weight excluding hydrogens is 382 g/mol. The summed E-state index contributed by atoms with van der Waals surface area (Å²) < 4.78 is 7.26. The van der Waals surface area contributed by atoms with E-state index >= 15 is 0 Å². The highest BCUT2D eigenvalue weighted by Crippen LogP contribution is 2.17. The molecule has 0 unspecified atom stereocenters. The molecule has 0 aliphatic carbocycles. The van der Waals surface area contributed by atoms with Crippen LogP contribution in [0.5, 0.6) is 5.75 Å². The number of rotatable bonds is 9. The lowest BCUT2D eigenvalue weighted by atomic mass is 10.2. The maximum atomic E-state index is 12.6. The van der Waals surface area contributed by atoms with Crippen molar-refractivity contribution in [3.05, 3.63) is 66.0 Å². The summed E-state index contributed by atoms with van der Waals surface area (Å²) in [4.78, 5) is 23.8. The molecule has 0 atom stereocenters. The van der Waals surface area contributed by atoms with Gasteiger partial charge in [-0.1, -0.05) is 36.8 Å². The summed E-state index contributed by atoms with van der Waals surface area (Å²) in [6.07, 6.45) is 1.50. The molecule has 1 heterocycles. The zero-order valence-electron chi connectivity index (χ0n) is 17.1. The fourth-order valence-electron chi connectivity index (χ4n) is 2.97. The molecule has 3 aromatic rings. The van der Waals surface area contributed by atoms with Gasteiger partial charge >= 0.3 is 0 Å². The molecule has 2 N–H and O–H groups in total. The van der Waals surface area contributed by atoms with Crippen LogP contribution >= 0.6 is 0 Å². The van der Waals surface area contributed by atoms with Gasteiger partial charge in [-0.15, -0.1) is 5.10 Å². The monoisotopic (exact) mass is 407 g/mol. The van der Waals surface area contributed by atoms with E-state index in [4.69, 9.17) is 4.74 Å². The van der Waals surface area contributed by atoms with E-state index in [1.807, 2.05) is 49.4 Å². The number of carbonyl (C=O) groups excluding carboxylic acids is 2. The third kappa shape index (κ3) is 5.44. The molecule has 0 saturated heterocycles. The van der Waals surface area contributed by atoms with Gasteiger partial charge in [0.05, 0.1) is 17.9 Å². The molecule has 0 spiro atoms. The van der Waals surface area contributed by atoms with Crippen LogP contribution in [0.2, 0.25) is 0 Å². The van der Waals surface area contributed by atoms with Crippen molar-refractivity contribution in [1.82, 2.24) is 20.3 Å². The Morgan fingerprint density at radius 3 is 2.47 bits per heavy atom. The minimum atomic E-state index is -0.281. The highest BCUT2D eigenvalue weighted by molar-refractivity contribution is 5.93. The number of amides is 2. The Kier molecular flexibility index (Phi) is 7.15. The van der Waals surface area contributed by atoms with Crippen molar-refractivity contribution in [2.45, 2.75) is 26.7 Å². The van der Waals surface area contributed by atoms with Crippen LogP contribution in [0.15, 0.2) is 54.6 Å². The van der Waals surface area contributed by atoms with E-state index in [2.05, 4.69) is 20.9 Å². The molecule has 156 valence electrons. The molecular formula is C22H25N5O3. The topological polar surface area (TPSA) is 98.1 Å². The number of benzene rings is 2. The van der Waals surface area contributed by atoms with Gasteiger partial charge in [0.1, 0.15) is 12.4 Å². The first-order chi connectivity index (χ1) is 14.6. The van der Waals surface area contributed by atoms with E-state index in [0.717, 1.165) is 23.6 Å². The van der Waals surface area contributed by atoms with Crippen LogP contribution in [0.3, 0.4) is 0 Å². The minimum absolute atomic E-state index is 0.134. The van der Waals surface area contributed by atoms with Gasteiger partial charge in [0.15, 0.2) is 5.69 Å². The SMILES string of the molecule is CCCc1c(C(=O)NCCOc2ccccc2)nnn1-c1ccc(NC(C)=O)cc1. The molecule has 8 heteroatoms. The number of aromatic nitrogens is 3. The van der Waals surface area contributed by atoms with Crippen molar-refractivity contribution in [2.24, 2.45) is 0 Å². The summed E-state index contributed by atoms with van der Waals surface area (Å²) in [5.74, 6) is 0.341. The van der Waals surface area contributed by atoms with Crippen molar-refractivity contribution in [2.75, 3.05) is 18.5 Å². The Morgan fingerprint density at radius 1 is 1.07 bits per heavy atom. The second kappa shape index (κ2) is 10.2. The Labute approximate surface area is 175 Å². The molecule has 0 aliphatic heterocycles. The van der Waals surface area contributed by atoms with Gasteiger partial charge in [0.25, 0.3) is 5.91 Å². The number of nitrogens with one attached hydrogen (secondary N) is 2. The molecule has 3 rings (SSSR count). The van der Waals surface area contributed by atoms with E-state index in [-0.39, 0.29) is 11.8 Å². The normalized spacial score (nSPS) is 10.5. The Morgan fingerprint density at radius 2 is 1.80 bits per heavy atom. The van der Waals surface area contributed by atoms with Crippen molar-refractivity contribution >= 4 is 17.5 Å². The number of hydrogen-bond acceptors (Lipinski definition) is 5. The van der Waals surface area contributed by atoms with Gasteiger partial charge < -0.3 is 15.4 Å². The summed E-state index contributed by atoms with van der Waals surface area (Å²) in [6, 6.07) is 16.7. The van der Waals surface area contributed by atoms with Crippen LogP contribution in [0.4, 0.5) is 5.69 Å². The number of carbonyl (C=O) groups is 2. The lowest BCUT2D eigenvalue weighted by Gasteiger charge is -2.09. The fourth-order valence-corrected chi connectivity index (χ4v) is 2.97. The van der Waals surface area contributed by atoms with E-state index < -0.39 is 0 Å². The summed E-state index contributed by atoms with van der Waals surface area (Å²) in [7, 11) is 0. The van der Waals surface area contributed by atoms with Gasteiger partial charge in [0, 0.05) is 12.6 Å². The molecule has 0 bridgehead atoms. The van der Waals surface area contributed by atoms with Crippen LogP contribution in [-0.2, 0) is 11.2 Å². The predicted molar refractivity (Wildman–Crippen MR) is 114 cm³/mol. The zero-order valence-corrected chi connectivity index (χ0v) is 17.1. The van der Waals surface area contributed by atoms with Gasteiger partial charge in [-0.3, -0.25) is 9.59 Å². The molecule has 0 radical (unpaired) electrons. The summed E-state index contributed by atoms with van der Waals surface area (Å²) in [5, 5.41) is 13.9. The van der Waals surface area contributed by atoms with E-state index in [1.54, 1.807) is 16.8 Å². The van der Waals surface area contributed by atoms with Crippen LogP contribution < -0.4 is 15.4 Å². The first-order valence-electron chi connectivity index (χ1n) is 9.87. The van der Waals surface area contributed by atoms with E-state index in [1.165, 1.54) is 6.92 Å². The first kappa shape index (κ1) is 21.0. The van der Waals surface area contributed by atoms with Crippen LogP contribution in [0, 0.1) is 0 Å². The molecule has 8 nitrogen and oxygen atoms in total. The maximum Gasteiger partial charge on any atom is 0.273 e. The molecule has 30 heavy (non-hydrogen) atoms. The number of anilines is 1. The second-order valence-corrected chi connectivity index (χ2v) is 6.69. The molecule has 1 aromatic heterocycles. The summed E-state index contributed by atoms with van der Waals surface area (Å²) in [6.45, 7) is 4.21. The number of nitrogens with zero attached hydrogens (tertiary/aromatic N) is 3. The van der Waals surface area contributed by atoms with Crippen LogP contribution in [-0.4, -0.2) is 40.0 Å². The largest absolute Gasteiger partial charge is 0.492 e. The minimum Gasteiger partial charge on any atom is -0.492 e. The quantitative estimate of drug-likeness (QED) is 0.532. The van der Waals surface area contributed by atoms with Crippen LogP contribution in [0.1, 0.15) is 36.5 Å². The number of ether oxygens (including phenoxy) is 1. The average molecular weight is 407 g/mol. The smallest absolute Gasteiger partial charge is 0.273 e. The van der Waals surface area contributed by atoms with Gasteiger partial charge in [-0.2, -0.15) is 0 Å². The van der Waals surface area contributed by atoms with Crippen molar-refractivity contribution in [3.8, 4) is 11.4 Å². The van der Waals surface area contributed by atoms with Crippen molar-refractivity contribution < 1.29 is 14.3 Å². The van der Waals surface area contributed by atoms with Gasteiger partial charge in [-0.25, -0.2) is 4.68 Å². The standard InChI is InChI=1S/C22H25N5O3/c1-3-7-20-21(22(29)23-14-15-30-19-8-5-4-6-9-19)25-26-27(20)18-12-10-17(11-13-18)24-16(2)28/h4-6,8-13H,3,7,14-15H2,1-2H3,(H,23,29)(H,24,28). The lowest BCUT2D eigenvalue weighted by Crippen LogP contribution is -2.29. The highest BCUT2D eigenvalue weighted by Gasteiger charge is 2.19. The second-order valence-electron chi connectivity index (χ2n) is 6.69. The third-order valence-corrected chi connectivity index (χ3v) is 4.30. The average Bonchev–Trinajstić information content (AvgIpc) is 3.16. The van der Waals surface area contributed by atoms with Crippen molar-refractivity contribution in [3.63, 3.8) is 0 Å². The number of hydrogen-bond donors (Lipinski definition) is 2. The van der Waals surface area contributed by atoms with Gasteiger partial charge in [0.2, 0.25) is 5.91 Å². The molecule has 2 aromatic carbocycles. The van der Waals surface area contributed by atoms with Crippen molar-refractivity contribution in [1.29, 1.82) is 0 Å². The first-order valence-corrected chi connectivity index (χ1v) is 9.87. The Balaban J connectivity index is 1.67. The zero-order chi connectivity index (χ0) is 21.3. The third-order valence-electron chi connectivity index (χ3n) is 4.30. The molecule has 2 amide bonds. The fraction of sp³-hybridized carbons (Fsp3) is 0.273. The summed E-state index contributed by atoms with van der Waals surface area (Å²) in [5.41, 5.74) is 2.51. The predicted octanol–water partition coefficient (Wildman–Crippen LogP) is 2.99. The molecule has 0 saturated carbocycles. The van der Waals surface area contributed by atoms with E-state index in [0.29, 0.717) is 31.0 Å². The molecule has 0 aliphatic rings.